The third kappa shape index (κ3) is 7.70. The normalized spacial score (nSPS) is 14.0. The summed E-state index contributed by atoms with van der Waals surface area (Å²) in [4.78, 5) is 24.3. The Bertz CT molecular complexity index is 292. The summed E-state index contributed by atoms with van der Waals surface area (Å²) in [6.07, 6.45) is 2.01. The maximum Gasteiger partial charge on any atom is 0.317 e. The Morgan fingerprint density at radius 2 is 1.79 bits per heavy atom. The van der Waals surface area contributed by atoms with Crippen LogP contribution in [0.15, 0.2) is 0 Å². The van der Waals surface area contributed by atoms with Crippen molar-refractivity contribution in [2.45, 2.75) is 66.0 Å². The van der Waals surface area contributed by atoms with Crippen LogP contribution in [0, 0.1) is 5.92 Å². The number of aliphatic carboxylic acids is 1. The first-order valence-electron chi connectivity index (χ1n) is 7.06. The molecule has 0 rings (SSSR count). The predicted molar refractivity (Wildman–Crippen MR) is 76.2 cm³/mol. The highest BCUT2D eigenvalue weighted by Crippen LogP contribution is 2.10. The van der Waals surface area contributed by atoms with Crippen molar-refractivity contribution in [2.24, 2.45) is 5.92 Å². The third-order valence-electron chi connectivity index (χ3n) is 3.27. The summed E-state index contributed by atoms with van der Waals surface area (Å²) < 4.78 is 0. The van der Waals surface area contributed by atoms with Crippen LogP contribution in [0.3, 0.4) is 0 Å². The molecular formula is C14H28N2O3. The molecule has 0 radical (unpaired) electrons. The fourth-order valence-electron chi connectivity index (χ4n) is 1.93. The van der Waals surface area contributed by atoms with Gasteiger partial charge < -0.3 is 15.3 Å². The van der Waals surface area contributed by atoms with Gasteiger partial charge in [0, 0.05) is 18.6 Å². The van der Waals surface area contributed by atoms with Gasteiger partial charge in [0.2, 0.25) is 0 Å². The summed E-state index contributed by atoms with van der Waals surface area (Å²) in [7, 11) is 0. The van der Waals surface area contributed by atoms with Gasteiger partial charge in [-0.1, -0.05) is 20.3 Å². The van der Waals surface area contributed by atoms with E-state index in [1.165, 1.54) is 0 Å². The van der Waals surface area contributed by atoms with Gasteiger partial charge in [-0.2, -0.15) is 0 Å². The lowest BCUT2D eigenvalue weighted by Crippen LogP contribution is -2.48. The molecule has 2 N–H and O–H groups in total. The Morgan fingerprint density at radius 3 is 2.21 bits per heavy atom. The van der Waals surface area contributed by atoms with Gasteiger partial charge in [-0.3, -0.25) is 4.79 Å². The number of nitrogens with one attached hydrogen (secondary N) is 1. The minimum atomic E-state index is -0.883. The molecule has 0 saturated carbocycles. The van der Waals surface area contributed by atoms with Crippen molar-refractivity contribution >= 4 is 12.0 Å². The van der Waals surface area contributed by atoms with Crippen molar-refractivity contribution in [3.63, 3.8) is 0 Å². The number of amides is 2. The molecule has 19 heavy (non-hydrogen) atoms. The Labute approximate surface area is 116 Å². The molecule has 0 spiro atoms. The molecule has 5 heteroatoms. The summed E-state index contributed by atoms with van der Waals surface area (Å²) in [5.41, 5.74) is 0. The molecule has 0 aliphatic carbocycles. The molecule has 112 valence electrons. The quantitative estimate of drug-likeness (QED) is 0.713. The molecule has 0 aromatic carbocycles. The van der Waals surface area contributed by atoms with Crippen molar-refractivity contribution in [3.8, 4) is 0 Å². The molecule has 0 aromatic rings. The Kier molecular flexibility index (Phi) is 8.19. The first-order chi connectivity index (χ1) is 8.77. The minimum absolute atomic E-state index is 0.00449. The minimum Gasteiger partial charge on any atom is -0.481 e. The van der Waals surface area contributed by atoms with Crippen LogP contribution in [0.1, 0.15) is 53.9 Å². The topological polar surface area (TPSA) is 69.6 Å². The second-order valence-electron chi connectivity index (χ2n) is 5.53. The maximum absolute atomic E-state index is 12.1. The van der Waals surface area contributed by atoms with E-state index in [4.69, 9.17) is 5.11 Å². The SMILES string of the molecule is CCC(C)CC(C)NC(=O)N(CCC(=O)O)C(C)C. The molecule has 0 aromatic heterocycles. The molecule has 0 aliphatic rings. The van der Waals surface area contributed by atoms with E-state index in [2.05, 4.69) is 19.2 Å². The second kappa shape index (κ2) is 8.77. The van der Waals surface area contributed by atoms with E-state index in [1.54, 1.807) is 4.90 Å². The van der Waals surface area contributed by atoms with Gasteiger partial charge in [0.1, 0.15) is 0 Å². The number of carboxylic acids is 1. The Morgan fingerprint density at radius 1 is 1.21 bits per heavy atom. The maximum atomic E-state index is 12.1. The average molecular weight is 272 g/mol. The van der Waals surface area contributed by atoms with Gasteiger partial charge >= 0.3 is 12.0 Å². The smallest absolute Gasteiger partial charge is 0.317 e. The standard InChI is InChI=1S/C14H28N2O3/c1-6-11(4)9-12(5)15-14(19)16(10(2)3)8-7-13(17)18/h10-12H,6-9H2,1-5H3,(H,15,19)(H,17,18). The van der Waals surface area contributed by atoms with E-state index in [9.17, 15) is 9.59 Å². The Balaban J connectivity index is 4.35. The van der Waals surface area contributed by atoms with Crippen molar-refractivity contribution < 1.29 is 14.7 Å². The highest BCUT2D eigenvalue weighted by molar-refractivity contribution is 5.75. The molecular weight excluding hydrogens is 244 g/mol. The zero-order valence-corrected chi connectivity index (χ0v) is 12.8. The monoisotopic (exact) mass is 272 g/mol. The van der Waals surface area contributed by atoms with Crippen LogP contribution in [0.5, 0.6) is 0 Å². The highest BCUT2D eigenvalue weighted by Gasteiger charge is 2.19. The van der Waals surface area contributed by atoms with Gasteiger partial charge in [0.15, 0.2) is 0 Å². The zero-order chi connectivity index (χ0) is 15.0. The van der Waals surface area contributed by atoms with E-state index < -0.39 is 5.97 Å². The van der Waals surface area contributed by atoms with Crippen LogP contribution < -0.4 is 5.32 Å². The number of urea groups is 1. The first-order valence-corrected chi connectivity index (χ1v) is 7.06. The molecule has 0 fully saturated rings. The van der Waals surface area contributed by atoms with Crippen LogP contribution in [-0.4, -0.2) is 40.6 Å². The van der Waals surface area contributed by atoms with Crippen molar-refractivity contribution in [3.05, 3.63) is 0 Å². The van der Waals surface area contributed by atoms with E-state index in [-0.39, 0.29) is 31.1 Å². The molecule has 0 saturated heterocycles. The van der Waals surface area contributed by atoms with Gasteiger partial charge in [0.05, 0.1) is 6.42 Å². The molecule has 2 amide bonds. The zero-order valence-electron chi connectivity index (χ0n) is 12.8. The number of hydrogen-bond acceptors (Lipinski definition) is 2. The molecule has 0 aliphatic heterocycles. The van der Waals surface area contributed by atoms with E-state index in [0.29, 0.717) is 5.92 Å². The summed E-state index contributed by atoms with van der Waals surface area (Å²) in [5, 5.41) is 11.6. The molecule has 2 unspecified atom stereocenters. The highest BCUT2D eigenvalue weighted by atomic mass is 16.4. The number of carboxylic acid groups (broad SMARTS) is 1. The lowest BCUT2D eigenvalue weighted by Gasteiger charge is -2.28. The summed E-state index contributed by atoms with van der Waals surface area (Å²) >= 11 is 0. The average Bonchev–Trinajstić information content (AvgIpc) is 2.27. The Hall–Kier alpha value is -1.26. The van der Waals surface area contributed by atoms with Crippen LogP contribution in [-0.2, 0) is 4.79 Å². The van der Waals surface area contributed by atoms with Crippen molar-refractivity contribution in [1.82, 2.24) is 10.2 Å². The number of hydrogen-bond donors (Lipinski definition) is 2. The lowest BCUT2D eigenvalue weighted by molar-refractivity contribution is -0.137. The van der Waals surface area contributed by atoms with Crippen LogP contribution in [0.4, 0.5) is 4.79 Å². The van der Waals surface area contributed by atoms with Gasteiger partial charge in [-0.05, 0) is 33.1 Å². The van der Waals surface area contributed by atoms with Gasteiger partial charge in [-0.25, -0.2) is 4.79 Å². The summed E-state index contributed by atoms with van der Waals surface area (Å²) in [6, 6.07) is -0.0734. The predicted octanol–water partition coefficient (Wildman–Crippen LogP) is 2.71. The molecule has 2 atom stereocenters. The van der Waals surface area contributed by atoms with Crippen LogP contribution in [0.25, 0.3) is 0 Å². The van der Waals surface area contributed by atoms with E-state index in [1.807, 2.05) is 20.8 Å². The number of nitrogens with zero attached hydrogens (tertiary/aromatic N) is 1. The van der Waals surface area contributed by atoms with Crippen molar-refractivity contribution in [1.29, 1.82) is 0 Å². The third-order valence-corrected chi connectivity index (χ3v) is 3.27. The number of rotatable bonds is 8. The van der Waals surface area contributed by atoms with Crippen LogP contribution >= 0.6 is 0 Å². The second-order valence-corrected chi connectivity index (χ2v) is 5.53. The van der Waals surface area contributed by atoms with Crippen LogP contribution in [0.2, 0.25) is 0 Å². The lowest BCUT2D eigenvalue weighted by atomic mass is 10.0. The first kappa shape index (κ1) is 17.7. The largest absolute Gasteiger partial charge is 0.481 e. The van der Waals surface area contributed by atoms with Gasteiger partial charge in [0.25, 0.3) is 0 Å². The van der Waals surface area contributed by atoms with Gasteiger partial charge in [-0.15, -0.1) is 0 Å². The molecule has 5 nitrogen and oxygen atoms in total. The van der Waals surface area contributed by atoms with Crippen molar-refractivity contribution in [2.75, 3.05) is 6.54 Å². The molecule has 0 bridgehead atoms. The molecule has 0 heterocycles. The summed E-state index contributed by atoms with van der Waals surface area (Å²) in [6.45, 7) is 10.3. The fourth-order valence-corrected chi connectivity index (χ4v) is 1.93. The summed E-state index contributed by atoms with van der Waals surface area (Å²) in [5.74, 6) is -0.312. The number of carbonyl (C=O) groups is 2. The fraction of sp³-hybridized carbons (Fsp3) is 0.857. The van der Waals surface area contributed by atoms with E-state index >= 15 is 0 Å². The number of carbonyl (C=O) groups excluding carboxylic acids is 1. The van der Waals surface area contributed by atoms with E-state index in [0.717, 1.165) is 12.8 Å².